The minimum atomic E-state index is 0.485. The van der Waals surface area contributed by atoms with Crippen LogP contribution in [0.1, 0.15) is 11.1 Å². The largest absolute Gasteiger partial charge is 0.307 e. The maximum Gasteiger partial charge on any atom is 0.101 e. The Kier molecular flexibility index (Phi) is 3.60. The van der Waals surface area contributed by atoms with Crippen LogP contribution in [-0.4, -0.2) is 4.57 Å². The molecule has 0 amide bonds. The second-order valence-corrected chi connectivity index (χ2v) is 7.69. The van der Waals surface area contributed by atoms with Gasteiger partial charge < -0.3 is 4.57 Å². The predicted molar refractivity (Wildman–Crippen MR) is 125 cm³/mol. The molecular weight excluding hydrogens is 378 g/mol. The Morgan fingerprint density at radius 3 is 1.35 bits per heavy atom. The number of aromatic nitrogens is 1. The molecule has 0 atom stereocenters. The zero-order valence-electron chi connectivity index (χ0n) is 16.5. The molecule has 5 aromatic carbocycles. The van der Waals surface area contributed by atoms with E-state index in [0.29, 0.717) is 16.8 Å². The molecule has 0 saturated carbocycles. The molecule has 0 aliphatic rings. The second-order valence-electron chi connectivity index (χ2n) is 7.69. The molecule has 6 aromatic rings. The number of rotatable bonds is 1. The molecule has 0 radical (unpaired) electrons. The van der Waals surface area contributed by atoms with Gasteiger partial charge in [0.2, 0.25) is 0 Å². The Bertz CT molecular complexity index is 1630. The van der Waals surface area contributed by atoms with Gasteiger partial charge in [0.25, 0.3) is 0 Å². The predicted octanol–water partition coefficient (Wildman–Crippen LogP) is 6.83. The van der Waals surface area contributed by atoms with Crippen molar-refractivity contribution in [2.45, 2.75) is 0 Å². The normalized spacial score (nSPS) is 11.2. The van der Waals surface area contributed by atoms with Crippen molar-refractivity contribution in [2.24, 2.45) is 0 Å². The quantitative estimate of drug-likeness (QED) is 0.307. The summed E-state index contributed by atoms with van der Waals surface area (Å²) in [6, 6.07) is 35.2. The molecule has 3 heteroatoms. The molecule has 3 nitrogen and oxygen atoms in total. The smallest absolute Gasteiger partial charge is 0.101 e. The van der Waals surface area contributed by atoms with Crippen molar-refractivity contribution in [1.29, 1.82) is 10.5 Å². The van der Waals surface area contributed by atoms with Crippen LogP contribution in [0, 0.1) is 22.7 Å². The van der Waals surface area contributed by atoms with Crippen LogP contribution >= 0.6 is 0 Å². The van der Waals surface area contributed by atoms with E-state index in [2.05, 4.69) is 65.2 Å². The summed E-state index contributed by atoms with van der Waals surface area (Å²) in [6.07, 6.45) is 0. The number of fused-ring (bicyclic) bond motifs is 5. The number of nitriles is 2. The van der Waals surface area contributed by atoms with Gasteiger partial charge in [0, 0.05) is 10.8 Å². The van der Waals surface area contributed by atoms with Crippen molar-refractivity contribution in [2.75, 3.05) is 0 Å². The molecule has 0 N–H and O–H groups in total. The number of para-hydroxylation sites is 1. The van der Waals surface area contributed by atoms with Crippen LogP contribution in [0.15, 0.2) is 91.0 Å². The van der Waals surface area contributed by atoms with E-state index in [0.717, 1.165) is 43.4 Å². The Morgan fingerprint density at radius 2 is 0.935 bits per heavy atom. The third kappa shape index (κ3) is 2.45. The van der Waals surface area contributed by atoms with Crippen LogP contribution < -0.4 is 0 Å². The van der Waals surface area contributed by atoms with Crippen molar-refractivity contribution < 1.29 is 0 Å². The Hall–Kier alpha value is -4.60. The van der Waals surface area contributed by atoms with Crippen molar-refractivity contribution >= 4 is 43.4 Å². The van der Waals surface area contributed by atoms with Gasteiger partial charge in [-0.3, -0.25) is 0 Å². The molecule has 0 saturated heterocycles. The highest BCUT2D eigenvalue weighted by Crippen LogP contribution is 2.38. The summed E-state index contributed by atoms with van der Waals surface area (Å²) in [5.74, 6) is 0. The van der Waals surface area contributed by atoms with Gasteiger partial charge in [-0.1, -0.05) is 54.6 Å². The fourth-order valence-corrected chi connectivity index (χ4v) is 4.59. The maximum atomic E-state index is 9.85. The first-order chi connectivity index (χ1) is 15.3. The van der Waals surface area contributed by atoms with E-state index < -0.39 is 0 Å². The third-order valence-corrected chi connectivity index (χ3v) is 6.00. The minimum Gasteiger partial charge on any atom is -0.307 e. The zero-order chi connectivity index (χ0) is 20.9. The molecule has 0 aliphatic heterocycles. The van der Waals surface area contributed by atoms with E-state index in [1.165, 1.54) is 0 Å². The minimum absolute atomic E-state index is 0.485. The van der Waals surface area contributed by atoms with Gasteiger partial charge in [0.05, 0.1) is 27.8 Å². The van der Waals surface area contributed by atoms with E-state index >= 15 is 0 Å². The molecule has 31 heavy (non-hydrogen) atoms. The summed E-state index contributed by atoms with van der Waals surface area (Å²) in [6.45, 7) is 0. The van der Waals surface area contributed by atoms with Gasteiger partial charge in [-0.2, -0.15) is 10.5 Å². The summed E-state index contributed by atoms with van der Waals surface area (Å²) >= 11 is 0. The van der Waals surface area contributed by atoms with Gasteiger partial charge in [-0.05, 0) is 57.9 Å². The Morgan fingerprint density at radius 1 is 0.516 bits per heavy atom. The van der Waals surface area contributed by atoms with Gasteiger partial charge in [-0.25, -0.2) is 0 Å². The molecule has 6 rings (SSSR count). The highest BCUT2D eigenvalue weighted by molar-refractivity contribution is 6.16. The van der Waals surface area contributed by atoms with Crippen molar-refractivity contribution in [3.8, 4) is 17.8 Å². The van der Waals surface area contributed by atoms with Crippen molar-refractivity contribution in [3.05, 3.63) is 102 Å². The summed E-state index contributed by atoms with van der Waals surface area (Å²) < 4.78 is 2.08. The monoisotopic (exact) mass is 393 g/mol. The molecule has 0 aliphatic carbocycles. The van der Waals surface area contributed by atoms with E-state index in [9.17, 15) is 10.5 Å². The van der Waals surface area contributed by atoms with Crippen LogP contribution in [0.5, 0.6) is 0 Å². The highest BCUT2D eigenvalue weighted by Gasteiger charge is 2.19. The first-order valence-electron chi connectivity index (χ1n) is 10.1. The van der Waals surface area contributed by atoms with E-state index in [1.807, 2.05) is 24.3 Å². The summed E-state index contributed by atoms with van der Waals surface area (Å²) in [5, 5.41) is 26.5. The Labute approximate surface area is 178 Å². The molecule has 1 aromatic heterocycles. The first-order valence-corrected chi connectivity index (χ1v) is 10.1. The van der Waals surface area contributed by atoms with Crippen molar-refractivity contribution in [3.63, 3.8) is 0 Å². The SMILES string of the molecule is N#Cc1cccc(C#N)c1-n1c2cc3ccccc3cc2c2cc3ccccc3cc21. The summed E-state index contributed by atoms with van der Waals surface area (Å²) in [5.41, 5.74) is 3.59. The number of nitrogens with zero attached hydrogens (tertiary/aromatic N) is 3. The van der Waals surface area contributed by atoms with Gasteiger partial charge >= 0.3 is 0 Å². The summed E-state index contributed by atoms with van der Waals surface area (Å²) in [7, 11) is 0. The molecule has 0 spiro atoms. The summed E-state index contributed by atoms with van der Waals surface area (Å²) in [4.78, 5) is 0. The maximum absolute atomic E-state index is 9.85. The van der Waals surface area contributed by atoms with Gasteiger partial charge in [-0.15, -0.1) is 0 Å². The van der Waals surface area contributed by atoms with Crippen LogP contribution in [0.4, 0.5) is 0 Å². The third-order valence-electron chi connectivity index (χ3n) is 6.00. The van der Waals surface area contributed by atoms with Crippen LogP contribution in [0.25, 0.3) is 49.0 Å². The molecule has 1 heterocycles. The molecule has 0 bridgehead atoms. The lowest BCUT2D eigenvalue weighted by atomic mass is 10.0. The highest BCUT2D eigenvalue weighted by atomic mass is 15.0. The molecule has 142 valence electrons. The lowest BCUT2D eigenvalue weighted by molar-refractivity contribution is 1.16. The molecular formula is C28H15N3. The number of hydrogen-bond acceptors (Lipinski definition) is 2. The lowest BCUT2D eigenvalue weighted by Crippen LogP contribution is -2.01. The molecule has 0 unspecified atom stereocenters. The van der Waals surface area contributed by atoms with E-state index in [4.69, 9.17) is 0 Å². The topological polar surface area (TPSA) is 52.5 Å². The van der Waals surface area contributed by atoms with E-state index in [-0.39, 0.29) is 0 Å². The van der Waals surface area contributed by atoms with Crippen molar-refractivity contribution in [1.82, 2.24) is 4.57 Å². The van der Waals surface area contributed by atoms with Crippen LogP contribution in [-0.2, 0) is 0 Å². The lowest BCUT2D eigenvalue weighted by Gasteiger charge is -2.12. The fourth-order valence-electron chi connectivity index (χ4n) is 4.59. The molecule has 0 fully saturated rings. The van der Waals surface area contributed by atoms with Gasteiger partial charge in [0.1, 0.15) is 12.1 Å². The number of benzene rings is 5. The average molecular weight is 393 g/mol. The van der Waals surface area contributed by atoms with Gasteiger partial charge in [0.15, 0.2) is 0 Å². The van der Waals surface area contributed by atoms with Crippen LogP contribution in [0.3, 0.4) is 0 Å². The van der Waals surface area contributed by atoms with Crippen LogP contribution in [0.2, 0.25) is 0 Å². The number of hydrogen-bond donors (Lipinski definition) is 0. The standard InChI is InChI=1S/C28H15N3/c29-16-22-10-5-11-23(17-30)28(22)31-26-14-20-8-3-1-6-18(20)12-24(26)25-13-19-7-2-4-9-21(19)15-27(25)31/h1-15H. The Balaban J connectivity index is 1.91. The fraction of sp³-hybridized carbons (Fsp3) is 0. The second kappa shape index (κ2) is 6.46. The van der Waals surface area contributed by atoms with E-state index in [1.54, 1.807) is 18.2 Å². The zero-order valence-corrected chi connectivity index (χ0v) is 16.5. The first kappa shape index (κ1) is 17.3. The average Bonchev–Trinajstić information content (AvgIpc) is 3.12.